The number of unbranched alkanes of at least 4 members (excludes halogenated alkanes) is 2. The lowest BCUT2D eigenvalue weighted by atomic mass is 10.2. The van der Waals surface area contributed by atoms with Crippen molar-refractivity contribution in [3.05, 3.63) is 56.7 Å². The molecule has 0 saturated heterocycles. The van der Waals surface area contributed by atoms with Crippen LogP contribution in [0.5, 0.6) is 0 Å². The summed E-state index contributed by atoms with van der Waals surface area (Å²) in [5.74, 6) is -0.137. The second-order valence-corrected chi connectivity index (χ2v) is 5.24. The van der Waals surface area contributed by atoms with Gasteiger partial charge in [-0.2, -0.15) is 0 Å². The van der Waals surface area contributed by atoms with E-state index in [-0.39, 0.29) is 11.8 Å². The molecule has 0 atom stereocenters. The van der Waals surface area contributed by atoms with Gasteiger partial charge >= 0.3 is 11.7 Å². The Morgan fingerprint density at radius 2 is 1.92 bits per heavy atom. The van der Waals surface area contributed by atoms with E-state index in [0.717, 1.165) is 18.4 Å². The standard InChI is InChI=1S/C16H20N4O4/c21-13(24-11-12-7-3-1-4-8-12)9-5-2-6-10-17-14-15(22)18-16(23)20-19-14/h1,3-4,7-8H,2,5-6,9-11H2,(H,17,19)(H2,18,20,22,23). The highest BCUT2D eigenvalue weighted by Gasteiger charge is 2.04. The number of aromatic nitrogens is 3. The zero-order valence-electron chi connectivity index (χ0n) is 13.2. The molecule has 24 heavy (non-hydrogen) atoms. The van der Waals surface area contributed by atoms with Crippen molar-refractivity contribution in [2.75, 3.05) is 11.9 Å². The molecule has 0 spiro atoms. The number of carbonyl (C=O) groups is 1. The molecule has 0 saturated carbocycles. The zero-order chi connectivity index (χ0) is 17.2. The maximum Gasteiger partial charge on any atom is 0.342 e. The second kappa shape index (κ2) is 9.29. The fraction of sp³-hybridized carbons (Fsp3) is 0.375. The van der Waals surface area contributed by atoms with Gasteiger partial charge in [0, 0.05) is 13.0 Å². The van der Waals surface area contributed by atoms with Crippen LogP contribution in [0.4, 0.5) is 5.82 Å². The molecule has 3 N–H and O–H groups in total. The number of H-pyrrole nitrogens is 2. The van der Waals surface area contributed by atoms with Gasteiger partial charge in [0.05, 0.1) is 0 Å². The number of aromatic amines is 2. The minimum atomic E-state index is -0.639. The average molecular weight is 332 g/mol. The summed E-state index contributed by atoms with van der Waals surface area (Å²) in [7, 11) is 0. The Bertz CT molecular complexity index is 754. The van der Waals surface area contributed by atoms with Gasteiger partial charge in [0.2, 0.25) is 5.82 Å². The van der Waals surface area contributed by atoms with Crippen LogP contribution in [-0.2, 0) is 16.1 Å². The molecule has 0 amide bonds. The number of benzene rings is 1. The molecule has 2 rings (SSSR count). The largest absolute Gasteiger partial charge is 0.461 e. The van der Waals surface area contributed by atoms with E-state index in [1.165, 1.54) is 0 Å². The van der Waals surface area contributed by atoms with E-state index < -0.39 is 11.2 Å². The Hall–Kier alpha value is -2.90. The van der Waals surface area contributed by atoms with Crippen molar-refractivity contribution in [3.63, 3.8) is 0 Å². The zero-order valence-corrected chi connectivity index (χ0v) is 13.2. The first kappa shape index (κ1) is 17.5. The molecule has 0 radical (unpaired) electrons. The third-order valence-electron chi connectivity index (χ3n) is 3.30. The molecule has 0 aliphatic heterocycles. The SMILES string of the molecule is O=C(CCCCCNc1n[nH]c(=O)[nH]c1=O)OCc1ccccc1. The molecule has 0 unspecified atom stereocenters. The van der Waals surface area contributed by atoms with Crippen molar-refractivity contribution >= 4 is 11.8 Å². The van der Waals surface area contributed by atoms with Gasteiger partial charge in [-0.1, -0.05) is 36.8 Å². The van der Waals surface area contributed by atoms with Gasteiger partial charge in [0.25, 0.3) is 5.56 Å². The molecule has 0 aliphatic rings. The van der Waals surface area contributed by atoms with Crippen LogP contribution in [0.25, 0.3) is 0 Å². The topological polar surface area (TPSA) is 117 Å². The fourth-order valence-corrected chi connectivity index (χ4v) is 2.06. The van der Waals surface area contributed by atoms with E-state index in [1.54, 1.807) is 0 Å². The van der Waals surface area contributed by atoms with Gasteiger partial charge in [0.15, 0.2) is 0 Å². The maximum atomic E-state index is 11.6. The molecule has 8 heteroatoms. The van der Waals surface area contributed by atoms with E-state index in [0.29, 0.717) is 26.0 Å². The number of hydrogen-bond acceptors (Lipinski definition) is 6. The Labute approximate surface area is 138 Å². The van der Waals surface area contributed by atoms with E-state index >= 15 is 0 Å². The van der Waals surface area contributed by atoms with Crippen LogP contribution >= 0.6 is 0 Å². The van der Waals surface area contributed by atoms with Gasteiger partial charge in [-0.25, -0.2) is 9.89 Å². The van der Waals surface area contributed by atoms with Crippen molar-refractivity contribution in [2.45, 2.75) is 32.3 Å². The molecule has 0 bridgehead atoms. The third-order valence-corrected chi connectivity index (χ3v) is 3.30. The van der Waals surface area contributed by atoms with Gasteiger partial charge in [-0.3, -0.25) is 14.6 Å². The maximum absolute atomic E-state index is 11.6. The van der Waals surface area contributed by atoms with Gasteiger partial charge < -0.3 is 10.1 Å². The average Bonchev–Trinajstić information content (AvgIpc) is 2.58. The predicted octanol–water partition coefficient (Wildman–Crippen LogP) is 1.17. The van der Waals surface area contributed by atoms with Crippen LogP contribution in [0.3, 0.4) is 0 Å². The normalized spacial score (nSPS) is 10.3. The van der Waals surface area contributed by atoms with Gasteiger partial charge in [0.1, 0.15) is 6.61 Å². The lowest BCUT2D eigenvalue weighted by Gasteiger charge is -2.05. The number of carbonyl (C=O) groups excluding carboxylic acids is 1. The summed E-state index contributed by atoms with van der Waals surface area (Å²) in [6, 6.07) is 9.53. The van der Waals surface area contributed by atoms with E-state index in [2.05, 4.69) is 20.5 Å². The van der Waals surface area contributed by atoms with Gasteiger partial charge in [-0.15, -0.1) is 5.10 Å². The molecule has 128 valence electrons. The molecular formula is C16H20N4O4. The minimum absolute atomic E-state index is 0.0804. The molecule has 0 aliphatic carbocycles. The summed E-state index contributed by atoms with van der Waals surface area (Å²) < 4.78 is 5.19. The highest BCUT2D eigenvalue weighted by Crippen LogP contribution is 2.05. The third kappa shape index (κ3) is 6.07. The predicted molar refractivity (Wildman–Crippen MR) is 88.7 cm³/mol. The molecular weight excluding hydrogens is 312 g/mol. The lowest BCUT2D eigenvalue weighted by Crippen LogP contribution is -2.27. The Kier molecular flexibility index (Phi) is 6.75. The first-order chi connectivity index (χ1) is 11.6. The number of esters is 1. The number of rotatable bonds is 9. The van der Waals surface area contributed by atoms with Crippen LogP contribution in [0.1, 0.15) is 31.2 Å². The van der Waals surface area contributed by atoms with Crippen molar-refractivity contribution in [1.29, 1.82) is 0 Å². The first-order valence-corrected chi connectivity index (χ1v) is 7.77. The van der Waals surface area contributed by atoms with Crippen molar-refractivity contribution in [1.82, 2.24) is 15.2 Å². The molecule has 1 heterocycles. The van der Waals surface area contributed by atoms with Crippen LogP contribution in [-0.4, -0.2) is 27.7 Å². The number of nitrogens with one attached hydrogen (secondary N) is 3. The highest BCUT2D eigenvalue weighted by molar-refractivity contribution is 5.69. The minimum Gasteiger partial charge on any atom is -0.461 e. The van der Waals surface area contributed by atoms with Crippen molar-refractivity contribution < 1.29 is 9.53 Å². The van der Waals surface area contributed by atoms with E-state index in [9.17, 15) is 14.4 Å². The Morgan fingerprint density at radius 3 is 2.67 bits per heavy atom. The van der Waals surface area contributed by atoms with Crippen LogP contribution < -0.4 is 16.6 Å². The summed E-state index contributed by atoms with van der Waals surface area (Å²) in [5.41, 5.74) is -0.225. The summed E-state index contributed by atoms with van der Waals surface area (Å²) in [6.07, 6.45) is 2.66. The van der Waals surface area contributed by atoms with Crippen LogP contribution in [0.2, 0.25) is 0 Å². The van der Waals surface area contributed by atoms with Crippen LogP contribution in [0.15, 0.2) is 39.9 Å². The van der Waals surface area contributed by atoms with Gasteiger partial charge in [-0.05, 0) is 18.4 Å². The molecule has 1 aromatic carbocycles. The second-order valence-electron chi connectivity index (χ2n) is 5.24. The number of anilines is 1. The van der Waals surface area contributed by atoms with Crippen LogP contribution in [0, 0.1) is 0 Å². The molecule has 8 nitrogen and oxygen atoms in total. The number of ether oxygens (including phenoxy) is 1. The van der Waals surface area contributed by atoms with Crippen molar-refractivity contribution in [2.24, 2.45) is 0 Å². The van der Waals surface area contributed by atoms with E-state index in [4.69, 9.17) is 4.74 Å². The Morgan fingerprint density at radius 1 is 1.12 bits per heavy atom. The molecule has 1 aromatic heterocycles. The monoisotopic (exact) mass is 332 g/mol. The summed E-state index contributed by atoms with van der Waals surface area (Å²) in [5, 5.41) is 8.59. The van der Waals surface area contributed by atoms with E-state index in [1.807, 2.05) is 30.3 Å². The molecule has 0 fully saturated rings. The number of nitrogens with zero attached hydrogens (tertiary/aromatic N) is 1. The summed E-state index contributed by atoms with van der Waals surface area (Å²) >= 11 is 0. The Balaban J connectivity index is 1.55. The highest BCUT2D eigenvalue weighted by atomic mass is 16.5. The quantitative estimate of drug-likeness (QED) is 0.469. The number of hydrogen-bond donors (Lipinski definition) is 3. The first-order valence-electron chi connectivity index (χ1n) is 7.77. The summed E-state index contributed by atoms with van der Waals surface area (Å²) in [6.45, 7) is 0.822. The fourth-order valence-electron chi connectivity index (χ4n) is 2.06. The molecule has 2 aromatic rings. The lowest BCUT2D eigenvalue weighted by molar-refractivity contribution is -0.145. The smallest absolute Gasteiger partial charge is 0.342 e. The summed E-state index contributed by atoms with van der Waals surface area (Å²) in [4.78, 5) is 35.9. The van der Waals surface area contributed by atoms with Crippen molar-refractivity contribution in [3.8, 4) is 0 Å².